The zero-order chi connectivity index (χ0) is 14.5. The molecular weight excluding hydrogens is 248 g/mol. The lowest BCUT2D eigenvalue weighted by atomic mass is 10.1. The highest BCUT2D eigenvalue weighted by Gasteiger charge is 2.12. The van der Waals surface area contributed by atoms with Crippen LogP contribution in [0.2, 0.25) is 0 Å². The van der Waals surface area contributed by atoms with Crippen molar-refractivity contribution in [3.63, 3.8) is 0 Å². The van der Waals surface area contributed by atoms with Gasteiger partial charge in [0.2, 0.25) is 0 Å². The van der Waals surface area contributed by atoms with Gasteiger partial charge in [0.25, 0.3) is 0 Å². The molecule has 0 saturated carbocycles. The fourth-order valence-electron chi connectivity index (χ4n) is 2.20. The lowest BCUT2D eigenvalue weighted by molar-refractivity contribution is 0.564. The Labute approximate surface area is 120 Å². The van der Waals surface area contributed by atoms with Crippen molar-refractivity contribution >= 4 is 0 Å². The maximum Gasteiger partial charge on any atom is 0.161 e. The molecule has 0 aliphatic rings. The first-order valence-corrected chi connectivity index (χ1v) is 7.11. The molecule has 0 aliphatic heterocycles. The molecule has 1 N–H and O–H groups in total. The molecule has 0 amide bonds. The van der Waals surface area contributed by atoms with E-state index in [-0.39, 0.29) is 6.04 Å². The van der Waals surface area contributed by atoms with Crippen molar-refractivity contribution in [2.75, 3.05) is 6.54 Å². The third-order valence-corrected chi connectivity index (χ3v) is 3.46. The van der Waals surface area contributed by atoms with Crippen molar-refractivity contribution in [2.45, 2.75) is 40.2 Å². The van der Waals surface area contributed by atoms with Crippen molar-refractivity contribution in [3.05, 3.63) is 41.5 Å². The minimum absolute atomic E-state index is 0.277. The molecule has 0 spiro atoms. The van der Waals surface area contributed by atoms with Crippen molar-refractivity contribution in [2.24, 2.45) is 0 Å². The average Bonchev–Trinajstić information content (AvgIpc) is 2.45. The van der Waals surface area contributed by atoms with Crippen LogP contribution in [0, 0.1) is 13.8 Å². The molecule has 1 unspecified atom stereocenters. The molecule has 1 atom stereocenters. The fraction of sp³-hybridized carbons (Fsp3) is 0.438. The molecule has 2 aromatic heterocycles. The van der Waals surface area contributed by atoms with Crippen LogP contribution in [0.15, 0.2) is 24.7 Å². The Morgan fingerprint density at radius 3 is 2.70 bits per heavy atom. The van der Waals surface area contributed by atoms with Crippen molar-refractivity contribution < 1.29 is 0 Å². The summed E-state index contributed by atoms with van der Waals surface area (Å²) in [5.41, 5.74) is 4.32. The Bertz CT molecular complexity index is 580. The average molecular weight is 270 g/mol. The fourth-order valence-corrected chi connectivity index (χ4v) is 2.20. The van der Waals surface area contributed by atoms with Crippen LogP contribution in [0.1, 0.15) is 43.1 Å². The van der Waals surface area contributed by atoms with Crippen LogP contribution < -0.4 is 5.32 Å². The molecule has 4 nitrogen and oxygen atoms in total. The summed E-state index contributed by atoms with van der Waals surface area (Å²) in [6.45, 7) is 9.41. The Balaban J connectivity index is 2.28. The summed E-state index contributed by atoms with van der Waals surface area (Å²) in [6.07, 6.45) is 6.66. The molecule has 4 heteroatoms. The Hall–Kier alpha value is -1.81. The number of hydrogen-bond donors (Lipinski definition) is 1. The van der Waals surface area contributed by atoms with Gasteiger partial charge in [0.1, 0.15) is 0 Å². The van der Waals surface area contributed by atoms with Gasteiger partial charge < -0.3 is 5.32 Å². The zero-order valence-electron chi connectivity index (χ0n) is 12.6. The molecule has 0 fully saturated rings. The lowest BCUT2D eigenvalue weighted by Gasteiger charge is -2.16. The van der Waals surface area contributed by atoms with E-state index in [0.717, 1.165) is 41.2 Å². The van der Waals surface area contributed by atoms with E-state index in [1.165, 1.54) is 0 Å². The van der Waals surface area contributed by atoms with Crippen LogP contribution in [0.25, 0.3) is 11.4 Å². The first-order chi connectivity index (χ1) is 9.63. The number of aromatic nitrogens is 3. The highest BCUT2D eigenvalue weighted by atomic mass is 14.9. The van der Waals surface area contributed by atoms with Crippen LogP contribution in [0.4, 0.5) is 0 Å². The van der Waals surface area contributed by atoms with Crippen LogP contribution in [0.5, 0.6) is 0 Å². The van der Waals surface area contributed by atoms with Gasteiger partial charge in [0.05, 0.1) is 0 Å². The number of pyridine rings is 1. The second-order valence-electron chi connectivity index (χ2n) is 5.10. The summed E-state index contributed by atoms with van der Waals surface area (Å²) < 4.78 is 0. The van der Waals surface area contributed by atoms with Gasteiger partial charge in [-0.15, -0.1) is 0 Å². The predicted molar refractivity (Wildman–Crippen MR) is 81.4 cm³/mol. The second-order valence-corrected chi connectivity index (χ2v) is 5.10. The molecule has 0 bridgehead atoms. The Kier molecular flexibility index (Phi) is 4.79. The van der Waals surface area contributed by atoms with Gasteiger partial charge in [-0.1, -0.05) is 6.92 Å². The molecule has 0 radical (unpaired) electrons. The topological polar surface area (TPSA) is 50.7 Å². The van der Waals surface area contributed by atoms with E-state index in [1.54, 1.807) is 6.20 Å². The molecule has 2 aromatic rings. The van der Waals surface area contributed by atoms with Gasteiger partial charge in [-0.3, -0.25) is 4.98 Å². The third kappa shape index (κ3) is 3.20. The molecule has 0 aliphatic carbocycles. The smallest absolute Gasteiger partial charge is 0.161 e. The minimum Gasteiger partial charge on any atom is -0.310 e. The largest absolute Gasteiger partial charge is 0.310 e. The van der Waals surface area contributed by atoms with Crippen molar-refractivity contribution in [3.8, 4) is 11.4 Å². The summed E-state index contributed by atoms with van der Waals surface area (Å²) >= 11 is 0. The monoisotopic (exact) mass is 270 g/mol. The molecular formula is C16H22N4. The normalized spacial score (nSPS) is 12.4. The zero-order valence-corrected chi connectivity index (χ0v) is 12.6. The Morgan fingerprint density at radius 1 is 1.25 bits per heavy atom. The first-order valence-electron chi connectivity index (χ1n) is 7.11. The van der Waals surface area contributed by atoms with Crippen molar-refractivity contribution in [1.29, 1.82) is 0 Å². The number of nitrogens with zero attached hydrogens (tertiary/aromatic N) is 3. The summed E-state index contributed by atoms with van der Waals surface area (Å²) in [6, 6.07) is 2.26. The number of rotatable bonds is 5. The summed E-state index contributed by atoms with van der Waals surface area (Å²) in [7, 11) is 0. The van der Waals surface area contributed by atoms with E-state index in [9.17, 15) is 0 Å². The van der Waals surface area contributed by atoms with Crippen LogP contribution in [0.3, 0.4) is 0 Å². The van der Waals surface area contributed by atoms with Crippen molar-refractivity contribution in [1.82, 2.24) is 20.3 Å². The lowest BCUT2D eigenvalue weighted by Crippen LogP contribution is -2.20. The summed E-state index contributed by atoms with van der Waals surface area (Å²) in [5.74, 6) is 0.750. The standard InChI is InChI=1S/C16H22N4/c1-5-7-18-12(3)15-10-19-16(20-13(15)4)14-9-17-8-6-11(14)2/h6,8-10,12,18H,5,7H2,1-4H3. The third-order valence-electron chi connectivity index (χ3n) is 3.46. The van der Waals surface area contributed by atoms with Gasteiger partial charge in [0, 0.05) is 41.5 Å². The highest BCUT2D eigenvalue weighted by molar-refractivity contribution is 5.58. The highest BCUT2D eigenvalue weighted by Crippen LogP contribution is 2.21. The number of aryl methyl sites for hydroxylation is 2. The van der Waals surface area contributed by atoms with Gasteiger partial charge in [-0.2, -0.15) is 0 Å². The Morgan fingerprint density at radius 2 is 2.05 bits per heavy atom. The molecule has 2 heterocycles. The van der Waals surface area contributed by atoms with Gasteiger partial charge in [0.15, 0.2) is 5.82 Å². The SMILES string of the molecule is CCCNC(C)c1cnc(-c2cnccc2C)nc1C. The van der Waals surface area contributed by atoms with Gasteiger partial charge in [-0.25, -0.2) is 9.97 Å². The molecule has 20 heavy (non-hydrogen) atoms. The molecule has 106 valence electrons. The molecule has 2 rings (SSSR count). The van der Waals surface area contributed by atoms with E-state index in [0.29, 0.717) is 0 Å². The molecule has 0 saturated heterocycles. The summed E-state index contributed by atoms with van der Waals surface area (Å²) in [5, 5.41) is 3.47. The molecule has 0 aromatic carbocycles. The quantitative estimate of drug-likeness (QED) is 0.906. The van der Waals surface area contributed by atoms with Crippen LogP contribution in [-0.2, 0) is 0 Å². The number of nitrogens with one attached hydrogen (secondary N) is 1. The van der Waals surface area contributed by atoms with E-state index in [1.807, 2.05) is 25.4 Å². The van der Waals surface area contributed by atoms with E-state index >= 15 is 0 Å². The van der Waals surface area contributed by atoms with Gasteiger partial charge in [-0.05, 0) is 45.4 Å². The van der Waals surface area contributed by atoms with E-state index < -0.39 is 0 Å². The minimum atomic E-state index is 0.277. The maximum absolute atomic E-state index is 4.64. The summed E-state index contributed by atoms with van der Waals surface area (Å²) in [4.78, 5) is 13.3. The van der Waals surface area contributed by atoms with Gasteiger partial charge >= 0.3 is 0 Å². The second kappa shape index (κ2) is 6.57. The van der Waals surface area contributed by atoms with E-state index in [2.05, 4.69) is 41.0 Å². The maximum atomic E-state index is 4.64. The first kappa shape index (κ1) is 14.6. The van der Waals surface area contributed by atoms with E-state index in [4.69, 9.17) is 0 Å². The predicted octanol–water partition coefficient (Wildman–Crippen LogP) is 3.22. The number of hydrogen-bond acceptors (Lipinski definition) is 4. The van der Waals surface area contributed by atoms with Crippen LogP contribution in [-0.4, -0.2) is 21.5 Å². The van der Waals surface area contributed by atoms with Crippen LogP contribution >= 0.6 is 0 Å².